The molecule has 0 aliphatic rings. The van der Waals surface area contributed by atoms with Gasteiger partial charge in [-0.2, -0.15) is 0 Å². The third-order valence-corrected chi connectivity index (χ3v) is 3.57. The Balaban J connectivity index is 2.29. The molecule has 0 amide bonds. The van der Waals surface area contributed by atoms with Gasteiger partial charge in [-0.3, -0.25) is 10.1 Å². The summed E-state index contributed by atoms with van der Waals surface area (Å²) in [6, 6.07) is 6.96. The molecule has 1 heterocycles. The largest absolute Gasteiger partial charge is 0.350 e. The van der Waals surface area contributed by atoms with Gasteiger partial charge < -0.3 is 10.3 Å². The van der Waals surface area contributed by atoms with Crippen molar-refractivity contribution in [2.75, 3.05) is 0 Å². The molecule has 1 aromatic heterocycles. The molecule has 0 aliphatic carbocycles. The van der Waals surface area contributed by atoms with Crippen molar-refractivity contribution in [2.24, 2.45) is 5.73 Å². The zero-order valence-electron chi connectivity index (χ0n) is 9.54. The van der Waals surface area contributed by atoms with Crippen molar-refractivity contribution in [1.29, 1.82) is 0 Å². The molecule has 6 heteroatoms. The van der Waals surface area contributed by atoms with Gasteiger partial charge in [0.05, 0.1) is 4.92 Å². The number of nitrogens with zero attached hydrogens (tertiary/aromatic N) is 2. The van der Waals surface area contributed by atoms with Crippen LogP contribution in [0.25, 0.3) is 0 Å². The van der Waals surface area contributed by atoms with E-state index in [2.05, 4.69) is 15.9 Å². The van der Waals surface area contributed by atoms with Crippen LogP contribution in [-0.2, 0) is 13.1 Å². The van der Waals surface area contributed by atoms with Crippen LogP contribution in [0.15, 0.2) is 41.1 Å². The highest BCUT2D eigenvalue weighted by atomic mass is 79.9. The number of aromatic nitrogens is 1. The maximum Gasteiger partial charge on any atom is 0.283 e. The summed E-state index contributed by atoms with van der Waals surface area (Å²) in [6.07, 6.45) is 3.85. The second kappa shape index (κ2) is 5.32. The van der Waals surface area contributed by atoms with Crippen LogP contribution < -0.4 is 5.73 Å². The van der Waals surface area contributed by atoms with Gasteiger partial charge in [-0.25, -0.2) is 0 Å². The summed E-state index contributed by atoms with van der Waals surface area (Å²) < 4.78 is 2.48. The van der Waals surface area contributed by atoms with Gasteiger partial charge in [0.2, 0.25) is 0 Å². The highest BCUT2D eigenvalue weighted by Crippen LogP contribution is 2.28. The third-order valence-electron chi connectivity index (χ3n) is 2.66. The lowest BCUT2D eigenvalue weighted by Crippen LogP contribution is -2.00. The fraction of sp³-hybridized carbons (Fsp3) is 0.167. The molecular weight excluding hydrogens is 298 g/mol. The Bertz CT molecular complexity index is 580. The second-order valence-electron chi connectivity index (χ2n) is 3.90. The van der Waals surface area contributed by atoms with Crippen LogP contribution in [0.3, 0.4) is 0 Å². The van der Waals surface area contributed by atoms with Gasteiger partial charge in [0.25, 0.3) is 5.69 Å². The van der Waals surface area contributed by atoms with Gasteiger partial charge >= 0.3 is 0 Å². The van der Waals surface area contributed by atoms with Gasteiger partial charge in [-0.05, 0) is 33.1 Å². The van der Waals surface area contributed by atoms with E-state index in [1.165, 1.54) is 6.07 Å². The standard InChI is InChI=1S/C12H12BrN3O2/c13-12-10(2-1-3-11(12)16(17)18)8-15-5-4-9(6-14)7-15/h1-5,7H,6,8,14H2. The van der Waals surface area contributed by atoms with Crippen LogP contribution in [-0.4, -0.2) is 9.49 Å². The first-order chi connectivity index (χ1) is 8.61. The van der Waals surface area contributed by atoms with E-state index in [0.717, 1.165) is 11.1 Å². The Morgan fingerprint density at radius 2 is 2.17 bits per heavy atom. The van der Waals surface area contributed by atoms with Gasteiger partial charge in [-0.15, -0.1) is 0 Å². The molecule has 0 fully saturated rings. The molecule has 0 saturated heterocycles. The van der Waals surface area contributed by atoms with E-state index in [1.807, 2.05) is 29.1 Å². The van der Waals surface area contributed by atoms with E-state index >= 15 is 0 Å². The normalized spacial score (nSPS) is 10.6. The molecule has 18 heavy (non-hydrogen) atoms. The average Bonchev–Trinajstić information content (AvgIpc) is 2.79. The van der Waals surface area contributed by atoms with E-state index in [4.69, 9.17) is 5.73 Å². The Hall–Kier alpha value is -1.66. The first kappa shape index (κ1) is 12.8. The zero-order chi connectivity index (χ0) is 13.1. The van der Waals surface area contributed by atoms with Crippen LogP contribution in [0.5, 0.6) is 0 Å². The number of benzene rings is 1. The van der Waals surface area contributed by atoms with E-state index in [-0.39, 0.29) is 5.69 Å². The number of nitro benzene ring substituents is 1. The van der Waals surface area contributed by atoms with Crippen molar-refractivity contribution >= 4 is 21.6 Å². The first-order valence-electron chi connectivity index (χ1n) is 5.38. The topological polar surface area (TPSA) is 74.1 Å². The maximum absolute atomic E-state index is 10.8. The summed E-state index contributed by atoms with van der Waals surface area (Å²) in [5.41, 5.74) is 7.52. The molecule has 1 aromatic carbocycles. The highest BCUT2D eigenvalue weighted by molar-refractivity contribution is 9.10. The number of rotatable bonds is 4. The lowest BCUT2D eigenvalue weighted by Gasteiger charge is -2.06. The molecule has 2 rings (SSSR count). The van der Waals surface area contributed by atoms with Crippen LogP contribution in [0.1, 0.15) is 11.1 Å². The number of nitro groups is 1. The van der Waals surface area contributed by atoms with Gasteiger partial charge in [-0.1, -0.05) is 12.1 Å². The van der Waals surface area contributed by atoms with Crippen LogP contribution in [0, 0.1) is 10.1 Å². The minimum absolute atomic E-state index is 0.0821. The van der Waals surface area contributed by atoms with Crippen molar-refractivity contribution in [3.63, 3.8) is 0 Å². The number of hydrogen-bond donors (Lipinski definition) is 1. The van der Waals surface area contributed by atoms with E-state index in [1.54, 1.807) is 6.07 Å². The Morgan fingerprint density at radius 3 is 2.78 bits per heavy atom. The Kier molecular flexibility index (Phi) is 3.78. The molecule has 5 nitrogen and oxygen atoms in total. The fourth-order valence-corrected chi connectivity index (χ4v) is 2.27. The van der Waals surface area contributed by atoms with E-state index in [0.29, 0.717) is 17.6 Å². The molecule has 0 saturated carbocycles. The molecular formula is C12H12BrN3O2. The van der Waals surface area contributed by atoms with Crippen molar-refractivity contribution in [3.05, 3.63) is 62.4 Å². The predicted molar refractivity (Wildman–Crippen MR) is 72.2 cm³/mol. The summed E-state index contributed by atoms with van der Waals surface area (Å²) in [5, 5.41) is 10.8. The molecule has 94 valence electrons. The van der Waals surface area contributed by atoms with Gasteiger partial charge in [0.15, 0.2) is 0 Å². The minimum atomic E-state index is -0.394. The summed E-state index contributed by atoms with van der Waals surface area (Å²) in [6.45, 7) is 1.06. The number of nitrogens with two attached hydrogens (primary N) is 1. The third kappa shape index (κ3) is 2.60. The van der Waals surface area contributed by atoms with Gasteiger partial charge in [0.1, 0.15) is 4.47 Å². The average molecular weight is 310 g/mol. The molecule has 0 unspecified atom stereocenters. The lowest BCUT2D eigenvalue weighted by molar-refractivity contribution is -0.385. The first-order valence-corrected chi connectivity index (χ1v) is 6.17. The summed E-state index contributed by atoms with van der Waals surface area (Å²) in [5.74, 6) is 0. The van der Waals surface area contributed by atoms with E-state index < -0.39 is 4.92 Å². The van der Waals surface area contributed by atoms with E-state index in [9.17, 15) is 10.1 Å². The summed E-state index contributed by atoms with van der Waals surface area (Å²) >= 11 is 3.28. The molecule has 2 aromatic rings. The molecule has 0 aliphatic heterocycles. The molecule has 0 spiro atoms. The van der Waals surface area contributed by atoms with Crippen molar-refractivity contribution in [3.8, 4) is 0 Å². The monoisotopic (exact) mass is 309 g/mol. The Morgan fingerprint density at radius 1 is 1.39 bits per heavy atom. The Labute approximate surface area is 112 Å². The van der Waals surface area contributed by atoms with Crippen molar-refractivity contribution in [2.45, 2.75) is 13.1 Å². The molecule has 0 atom stereocenters. The summed E-state index contributed by atoms with van der Waals surface area (Å²) in [4.78, 5) is 10.4. The highest BCUT2D eigenvalue weighted by Gasteiger charge is 2.14. The van der Waals surface area contributed by atoms with Crippen LogP contribution >= 0.6 is 15.9 Å². The van der Waals surface area contributed by atoms with Gasteiger partial charge in [0, 0.05) is 31.5 Å². The SMILES string of the molecule is NCc1ccn(Cc2cccc([N+](=O)[O-])c2Br)c1. The molecule has 0 radical (unpaired) electrons. The smallest absolute Gasteiger partial charge is 0.283 e. The lowest BCUT2D eigenvalue weighted by atomic mass is 10.2. The zero-order valence-corrected chi connectivity index (χ0v) is 11.1. The van der Waals surface area contributed by atoms with Crippen LogP contribution in [0.2, 0.25) is 0 Å². The summed E-state index contributed by atoms with van der Waals surface area (Å²) in [7, 11) is 0. The van der Waals surface area contributed by atoms with Crippen molar-refractivity contribution < 1.29 is 4.92 Å². The molecule has 0 bridgehead atoms. The van der Waals surface area contributed by atoms with Crippen molar-refractivity contribution in [1.82, 2.24) is 4.57 Å². The molecule has 2 N–H and O–H groups in total. The quantitative estimate of drug-likeness (QED) is 0.697. The van der Waals surface area contributed by atoms with Crippen LogP contribution in [0.4, 0.5) is 5.69 Å². The number of halogens is 1. The maximum atomic E-state index is 10.8. The fourth-order valence-electron chi connectivity index (χ4n) is 1.74. The number of hydrogen-bond acceptors (Lipinski definition) is 3. The second-order valence-corrected chi connectivity index (χ2v) is 4.70. The predicted octanol–water partition coefficient (Wildman–Crippen LogP) is 2.67. The minimum Gasteiger partial charge on any atom is -0.350 e.